The van der Waals surface area contributed by atoms with Gasteiger partial charge in [0, 0.05) is 12.5 Å². The first kappa shape index (κ1) is 22.5. The van der Waals surface area contributed by atoms with Crippen molar-refractivity contribution in [2.24, 2.45) is 0 Å². The molecule has 170 valence electrons. The van der Waals surface area contributed by atoms with Crippen LogP contribution in [0.4, 0.5) is 5.69 Å². The van der Waals surface area contributed by atoms with Gasteiger partial charge in [0.25, 0.3) is 15.9 Å². The van der Waals surface area contributed by atoms with Crippen LogP contribution in [0.2, 0.25) is 0 Å². The number of hydrogen-bond donors (Lipinski definition) is 2. The Morgan fingerprint density at radius 2 is 1.67 bits per heavy atom. The van der Waals surface area contributed by atoms with Gasteiger partial charge in [0.05, 0.1) is 22.8 Å². The van der Waals surface area contributed by atoms with Crippen molar-refractivity contribution in [1.29, 1.82) is 0 Å². The molecule has 0 aliphatic heterocycles. The van der Waals surface area contributed by atoms with E-state index < -0.39 is 10.0 Å². The monoisotopic (exact) mass is 461 g/mol. The van der Waals surface area contributed by atoms with Gasteiger partial charge in [-0.1, -0.05) is 67.6 Å². The van der Waals surface area contributed by atoms with E-state index in [2.05, 4.69) is 15.0 Å². The van der Waals surface area contributed by atoms with Gasteiger partial charge < -0.3 is 5.32 Å². The molecule has 0 aliphatic rings. The maximum atomic E-state index is 13.3. The number of nitrogens with one attached hydrogen (secondary N) is 2. The molecule has 3 aromatic carbocycles. The van der Waals surface area contributed by atoms with Gasteiger partial charge in [0.2, 0.25) is 0 Å². The van der Waals surface area contributed by atoms with E-state index in [-0.39, 0.29) is 29.5 Å². The molecule has 1 heterocycles. The summed E-state index contributed by atoms with van der Waals surface area (Å²) in [5.41, 5.74) is 2.56. The number of nitrogens with zero attached hydrogens (tertiary/aromatic N) is 1. The van der Waals surface area contributed by atoms with E-state index in [0.717, 1.165) is 16.6 Å². The molecular weight excluding hydrogens is 434 g/mol. The molecule has 6 nitrogen and oxygen atoms in total. The minimum atomic E-state index is -3.99. The summed E-state index contributed by atoms with van der Waals surface area (Å²) in [5.74, 6) is -0.351. The average Bonchev–Trinajstić information content (AvgIpc) is 2.82. The molecule has 0 saturated carbocycles. The van der Waals surface area contributed by atoms with Crippen LogP contribution in [-0.4, -0.2) is 19.3 Å². The van der Waals surface area contributed by atoms with Crippen LogP contribution in [0.1, 0.15) is 42.4 Å². The highest BCUT2D eigenvalue weighted by Crippen LogP contribution is 2.26. The highest BCUT2D eigenvalue weighted by Gasteiger charge is 2.22. The summed E-state index contributed by atoms with van der Waals surface area (Å²) in [7, 11) is -3.99. The topological polar surface area (TPSA) is 88.2 Å². The number of carbonyl (C=O) groups is 1. The molecule has 0 aliphatic carbocycles. The number of aromatic nitrogens is 1. The number of anilines is 1. The van der Waals surface area contributed by atoms with Crippen LogP contribution in [0.15, 0.2) is 89.8 Å². The number of benzene rings is 3. The second-order valence-corrected chi connectivity index (χ2v) is 9.43. The molecule has 7 heteroatoms. The molecule has 0 bridgehead atoms. The summed E-state index contributed by atoms with van der Waals surface area (Å²) in [6, 6.07) is 24.8. The van der Waals surface area contributed by atoms with Gasteiger partial charge in [-0.25, -0.2) is 8.42 Å². The van der Waals surface area contributed by atoms with Gasteiger partial charge >= 0.3 is 0 Å². The third-order valence-electron chi connectivity index (χ3n) is 5.44. The summed E-state index contributed by atoms with van der Waals surface area (Å²) < 4.78 is 29.2. The zero-order chi connectivity index (χ0) is 23.4. The zero-order valence-corrected chi connectivity index (χ0v) is 19.3. The normalized spacial score (nSPS) is 12.3. The first-order chi connectivity index (χ1) is 15.9. The van der Waals surface area contributed by atoms with Crippen LogP contribution in [0.25, 0.3) is 10.9 Å². The first-order valence-corrected chi connectivity index (χ1v) is 12.2. The Morgan fingerprint density at radius 3 is 2.42 bits per heavy atom. The minimum Gasteiger partial charge on any atom is -0.345 e. The summed E-state index contributed by atoms with van der Waals surface area (Å²) in [4.78, 5) is 17.6. The average molecular weight is 462 g/mol. The summed E-state index contributed by atoms with van der Waals surface area (Å²) >= 11 is 0. The lowest BCUT2D eigenvalue weighted by Crippen LogP contribution is -2.29. The molecule has 0 unspecified atom stereocenters. The quantitative estimate of drug-likeness (QED) is 0.382. The van der Waals surface area contributed by atoms with Crippen molar-refractivity contribution in [2.75, 3.05) is 4.72 Å². The predicted octanol–water partition coefficient (Wildman–Crippen LogP) is 5.47. The first-order valence-electron chi connectivity index (χ1n) is 10.7. The maximum absolute atomic E-state index is 13.3. The van der Waals surface area contributed by atoms with Crippen molar-refractivity contribution in [3.8, 4) is 0 Å². The van der Waals surface area contributed by atoms with Crippen LogP contribution in [0.5, 0.6) is 0 Å². The Kier molecular flexibility index (Phi) is 6.42. The molecule has 0 fully saturated rings. The summed E-state index contributed by atoms with van der Waals surface area (Å²) in [6.45, 7) is 3.80. The van der Waals surface area contributed by atoms with Crippen molar-refractivity contribution >= 4 is 32.5 Å². The number of rotatable bonds is 7. The van der Waals surface area contributed by atoms with E-state index in [0.29, 0.717) is 11.9 Å². The van der Waals surface area contributed by atoms with E-state index in [1.165, 1.54) is 6.07 Å². The fourth-order valence-corrected chi connectivity index (χ4v) is 5.00. The SMILES string of the molecule is CC[C@H](NC(=O)c1ccccc1NS(=O)(=O)c1cccc2ccc(C)nc12)c1ccccc1.[HH]. The van der Waals surface area contributed by atoms with Crippen LogP contribution in [0, 0.1) is 6.92 Å². The summed E-state index contributed by atoms with van der Waals surface area (Å²) in [6.07, 6.45) is 0.699. The van der Waals surface area contributed by atoms with E-state index in [4.69, 9.17) is 0 Å². The maximum Gasteiger partial charge on any atom is 0.264 e. The lowest BCUT2D eigenvalue weighted by Gasteiger charge is -2.19. The molecule has 1 amide bonds. The Bertz CT molecular complexity index is 1410. The van der Waals surface area contributed by atoms with Crippen molar-refractivity contribution in [1.82, 2.24) is 10.3 Å². The Labute approximate surface area is 195 Å². The van der Waals surface area contributed by atoms with Gasteiger partial charge in [-0.15, -0.1) is 0 Å². The number of carbonyl (C=O) groups excluding carboxylic acids is 1. The highest BCUT2D eigenvalue weighted by molar-refractivity contribution is 7.93. The number of aryl methyl sites for hydroxylation is 1. The van der Waals surface area contributed by atoms with Gasteiger partial charge in [0.15, 0.2) is 0 Å². The third-order valence-corrected chi connectivity index (χ3v) is 6.84. The van der Waals surface area contributed by atoms with Crippen molar-refractivity contribution in [3.05, 3.63) is 102 Å². The van der Waals surface area contributed by atoms with Crippen molar-refractivity contribution in [3.63, 3.8) is 0 Å². The molecule has 1 atom stereocenters. The number of amides is 1. The highest BCUT2D eigenvalue weighted by atomic mass is 32.2. The zero-order valence-electron chi connectivity index (χ0n) is 18.4. The second-order valence-electron chi connectivity index (χ2n) is 7.78. The fourth-order valence-electron chi connectivity index (χ4n) is 3.75. The molecule has 0 radical (unpaired) electrons. The van der Waals surface area contributed by atoms with Crippen molar-refractivity contribution in [2.45, 2.75) is 31.2 Å². The molecular formula is C26H27N3O3S. The van der Waals surface area contributed by atoms with Crippen LogP contribution >= 0.6 is 0 Å². The number of sulfonamides is 1. The second kappa shape index (κ2) is 9.42. The van der Waals surface area contributed by atoms with Crippen LogP contribution in [-0.2, 0) is 10.0 Å². The molecule has 2 N–H and O–H groups in total. The fraction of sp³-hybridized carbons (Fsp3) is 0.154. The van der Waals surface area contributed by atoms with E-state index in [1.807, 2.05) is 62.4 Å². The summed E-state index contributed by atoms with van der Waals surface area (Å²) in [5, 5.41) is 3.74. The van der Waals surface area contributed by atoms with Gasteiger partial charge in [-0.3, -0.25) is 14.5 Å². The minimum absolute atomic E-state index is 0. The van der Waals surface area contributed by atoms with Gasteiger partial charge in [0.1, 0.15) is 4.90 Å². The van der Waals surface area contributed by atoms with Gasteiger partial charge in [-0.05, 0) is 43.2 Å². The van der Waals surface area contributed by atoms with E-state index in [9.17, 15) is 13.2 Å². The standard InChI is InChI=1S/C26H25N3O3S.H2/c1-3-22(19-10-5-4-6-11-19)28-26(30)21-13-7-8-14-23(21)29-33(31,32)24-15-9-12-20-17-16-18(2)27-25(20)24;/h4-17,22,29H,3H2,1-2H3,(H,28,30);1H/t22-;/m0./s1. The largest absolute Gasteiger partial charge is 0.345 e. The number of fused-ring (bicyclic) bond motifs is 1. The Hall–Kier alpha value is -3.71. The molecule has 4 aromatic rings. The number of pyridine rings is 1. The molecule has 0 saturated heterocycles. The lowest BCUT2D eigenvalue weighted by atomic mass is 10.0. The van der Waals surface area contributed by atoms with Crippen molar-refractivity contribution < 1.29 is 14.6 Å². The Balaban J connectivity index is 0.00000324. The third kappa shape index (κ3) is 4.88. The number of hydrogen-bond acceptors (Lipinski definition) is 4. The number of para-hydroxylation sites is 2. The molecule has 33 heavy (non-hydrogen) atoms. The smallest absolute Gasteiger partial charge is 0.264 e. The van der Waals surface area contributed by atoms with E-state index >= 15 is 0 Å². The van der Waals surface area contributed by atoms with E-state index in [1.54, 1.807) is 30.3 Å². The lowest BCUT2D eigenvalue weighted by molar-refractivity contribution is 0.0936. The van der Waals surface area contributed by atoms with Crippen LogP contribution in [0.3, 0.4) is 0 Å². The predicted molar refractivity (Wildman–Crippen MR) is 133 cm³/mol. The molecule has 1 aromatic heterocycles. The van der Waals surface area contributed by atoms with Gasteiger partial charge in [-0.2, -0.15) is 0 Å². The molecule has 4 rings (SSSR count). The van der Waals surface area contributed by atoms with Crippen LogP contribution < -0.4 is 10.0 Å². The molecule has 0 spiro atoms. The Morgan fingerprint density at radius 1 is 0.939 bits per heavy atom.